The zero-order chi connectivity index (χ0) is 23.0. The van der Waals surface area contributed by atoms with E-state index < -0.39 is 48.9 Å². The van der Waals surface area contributed by atoms with Gasteiger partial charge in [-0.2, -0.15) is 13.2 Å². The van der Waals surface area contributed by atoms with Crippen LogP contribution in [0.3, 0.4) is 0 Å². The van der Waals surface area contributed by atoms with E-state index in [-0.39, 0.29) is 24.3 Å². The molecule has 3 N–H and O–H groups in total. The molecule has 168 valence electrons. The van der Waals surface area contributed by atoms with Crippen molar-refractivity contribution in [2.45, 2.75) is 37.6 Å². The van der Waals surface area contributed by atoms with E-state index in [1.165, 1.54) is 23.1 Å². The fourth-order valence-corrected chi connectivity index (χ4v) is 4.27. The normalized spacial score (nSPS) is 21.2. The quantitative estimate of drug-likeness (QED) is 0.756. The second-order valence-electron chi connectivity index (χ2n) is 7.89. The van der Waals surface area contributed by atoms with Crippen LogP contribution in [0.1, 0.15) is 17.5 Å². The number of carbonyl (C=O) groups is 3. The third-order valence-corrected chi connectivity index (χ3v) is 5.79. The maximum atomic E-state index is 13.9. The fraction of sp³-hybridized carbons (Fsp3) is 0.318. The zero-order valence-electron chi connectivity index (χ0n) is 16.9. The maximum Gasteiger partial charge on any atom is 0.409 e. The number of hydrogen-bond acceptors (Lipinski definition) is 4. The largest absolute Gasteiger partial charge is 0.409 e. The summed E-state index contributed by atoms with van der Waals surface area (Å²) >= 11 is 0. The van der Waals surface area contributed by atoms with Gasteiger partial charge in [-0.3, -0.25) is 24.2 Å². The molecule has 0 spiro atoms. The van der Waals surface area contributed by atoms with E-state index in [9.17, 15) is 27.6 Å². The van der Waals surface area contributed by atoms with Crippen molar-refractivity contribution in [2.24, 2.45) is 5.73 Å². The first kappa shape index (κ1) is 21.8. The Balaban J connectivity index is 1.70. The molecule has 0 radical (unpaired) electrons. The second kappa shape index (κ2) is 8.27. The predicted molar refractivity (Wildman–Crippen MR) is 111 cm³/mol. The van der Waals surface area contributed by atoms with E-state index in [0.717, 1.165) is 11.1 Å². The number of benzene rings is 2. The number of anilines is 2. The van der Waals surface area contributed by atoms with Gasteiger partial charge in [0.25, 0.3) is 0 Å². The van der Waals surface area contributed by atoms with E-state index in [1.807, 2.05) is 24.3 Å². The summed E-state index contributed by atoms with van der Waals surface area (Å²) in [6.45, 7) is -0.268. The fourth-order valence-electron chi connectivity index (χ4n) is 4.27. The first-order valence-corrected chi connectivity index (χ1v) is 10.0. The van der Waals surface area contributed by atoms with Crippen LogP contribution >= 0.6 is 0 Å². The summed E-state index contributed by atoms with van der Waals surface area (Å²) in [6.07, 6.45) is -5.49. The molecule has 2 aliphatic rings. The van der Waals surface area contributed by atoms with Crippen molar-refractivity contribution in [3.05, 3.63) is 59.7 Å². The van der Waals surface area contributed by atoms with Gasteiger partial charge in [-0.1, -0.05) is 36.4 Å². The minimum absolute atomic E-state index is 0.0429. The van der Waals surface area contributed by atoms with Crippen LogP contribution in [0, 0.1) is 0 Å². The first-order chi connectivity index (χ1) is 15.1. The Labute approximate surface area is 182 Å². The lowest BCUT2D eigenvalue weighted by Gasteiger charge is -2.37. The van der Waals surface area contributed by atoms with Crippen molar-refractivity contribution >= 4 is 29.1 Å². The number of carbonyl (C=O) groups excluding carboxylic acids is 3. The van der Waals surface area contributed by atoms with Gasteiger partial charge < -0.3 is 11.1 Å². The average Bonchev–Trinajstić information content (AvgIpc) is 2.88. The molecule has 0 aromatic heterocycles. The van der Waals surface area contributed by atoms with Crippen molar-refractivity contribution in [3.8, 4) is 0 Å². The molecule has 2 aromatic carbocycles. The Morgan fingerprint density at radius 2 is 1.69 bits per heavy atom. The van der Waals surface area contributed by atoms with E-state index in [2.05, 4.69) is 5.32 Å². The number of halogens is 3. The van der Waals surface area contributed by atoms with Crippen LogP contribution in [0.25, 0.3) is 0 Å². The number of nitrogens with two attached hydrogens (primary N) is 1. The van der Waals surface area contributed by atoms with Gasteiger partial charge in [0, 0.05) is 6.54 Å². The molecule has 2 atom stereocenters. The third kappa shape index (κ3) is 4.18. The molecule has 0 saturated heterocycles. The van der Waals surface area contributed by atoms with Gasteiger partial charge in [0.05, 0.1) is 30.4 Å². The lowest BCUT2D eigenvalue weighted by Crippen LogP contribution is -2.56. The highest BCUT2D eigenvalue weighted by molar-refractivity contribution is 6.05. The second-order valence-corrected chi connectivity index (χ2v) is 7.89. The Kier molecular flexibility index (Phi) is 5.64. The van der Waals surface area contributed by atoms with Crippen LogP contribution in [0.4, 0.5) is 24.5 Å². The van der Waals surface area contributed by atoms with Crippen LogP contribution in [-0.4, -0.2) is 47.4 Å². The van der Waals surface area contributed by atoms with Crippen molar-refractivity contribution in [1.29, 1.82) is 0 Å². The van der Waals surface area contributed by atoms with Gasteiger partial charge in [-0.25, -0.2) is 0 Å². The standard InChI is InChI=1S/C22H21F3N4O3/c23-22(24,25)18-10-19(30)27-15-7-3-4-8-16(15)29(18)20(31)12-28-11-14-6-2-1-5-13(14)9-17(28)21(26)32/h1-8,17-18H,9-12H2,(H2,26,32)(H,27,30). The minimum Gasteiger partial charge on any atom is -0.368 e. The molecule has 7 nitrogen and oxygen atoms in total. The molecule has 10 heteroatoms. The van der Waals surface area contributed by atoms with Crippen molar-refractivity contribution in [1.82, 2.24) is 4.90 Å². The molecule has 0 aliphatic carbocycles. The van der Waals surface area contributed by atoms with Crippen LogP contribution in [-0.2, 0) is 27.3 Å². The summed E-state index contributed by atoms with van der Waals surface area (Å²) in [5, 5.41) is 2.43. The number of hydrogen-bond donors (Lipinski definition) is 2. The predicted octanol–water partition coefficient (Wildman–Crippen LogP) is 2.20. The summed E-state index contributed by atoms with van der Waals surface area (Å²) in [4.78, 5) is 39.6. The number of nitrogens with zero attached hydrogens (tertiary/aromatic N) is 2. The van der Waals surface area contributed by atoms with Gasteiger partial charge in [0.2, 0.25) is 17.7 Å². The van der Waals surface area contributed by atoms with Crippen LogP contribution in [0.15, 0.2) is 48.5 Å². The number of para-hydroxylation sites is 2. The molecule has 0 bridgehead atoms. The summed E-state index contributed by atoms with van der Waals surface area (Å²) in [5.41, 5.74) is 7.40. The highest BCUT2D eigenvalue weighted by Gasteiger charge is 2.49. The molecule has 3 amide bonds. The molecule has 4 rings (SSSR count). The SMILES string of the molecule is NC(=O)C1Cc2ccccc2CN1CC(=O)N1c2ccccc2NC(=O)CC1C(F)(F)F. The summed E-state index contributed by atoms with van der Waals surface area (Å²) in [6, 6.07) is 10.0. The highest BCUT2D eigenvalue weighted by Crippen LogP contribution is 2.38. The Bertz CT molecular complexity index is 1070. The minimum atomic E-state index is -4.83. The van der Waals surface area contributed by atoms with Crippen LogP contribution in [0.2, 0.25) is 0 Å². The Morgan fingerprint density at radius 1 is 1.03 bits per heavy atom. The molecule has 0 fully saturated rings. The molecule has 2 heterocycles. The number of amides is 3. The van der Waals surface area contributed by atoms with E-state index in [4.69, 9.17) is 5.73 Å². The third-order valence-electron chi connectivity index (χ3n) is 5.79. The zero-order valence-corrected chi connectivity index (χ0v) is 16.9. The Morgan fingerprint density at radius 3 is 2.38 bits per heavy atom. The smallest absolute Gasteiger partial charge is 0.368 e. The monoisotopic (exact) mass is 446 g/mol. The number of fused-ring (bicyclic) bond motifs is 2. The maximum absolute atomic E-state index is 13.9. The molecule has 2 aromatic rings. The van der Waals surface area contributed by atoms with Crippen molar-refractivity contribution in [3.63, 3.8) is 0 Å². The lowest BCUT2D eigenvalue weighted by molar-refractivity contribution is -0.158. The van der Waals surface area contributed by atoms with Gasteiger partial charge >= 0.3 is 6.18 Å². The molecular formula is C22H21F3N4O3. The van der Waals surface area contributed by atoms with Gasteiger partial charge in [0.15, 0.2) is 0 Å². The van der Waals surface area contributed by atoms with Crippen LogP contribution < -0.4 is 16.0 Å². The summed E-state index contributed by atoms with van der Waals surface area (Å²) in [5.74, 6) is -2.37. The average molecular weight is 446 g/mol. The number of nitrogens with one attached hydrogen (secondary N) is 1. The molecule has 32 heavy (non-hydrogen) atoms. The van der Waals surface area contributed by atoms with E-state index in [0.29, 0.717) is 4.90 Å². The molecule has 2 aliphatic heterocycles. The molecule has 0 saturated carbocycles. The molecule has 2 unspecified atom stereocenters. The van der Waals surface area contributed by atoms with Crippen molar-refractivity contribution in [2.75, 3.05) is 16.8 Å². The molecular weight excluding hydrogens is 425 g/mol. The first-order valence-electron chi connectivity index (χ1n) is 10.0. The number of primary amides is 1. The Hall–Kier alpha value is -3.40. The van der Waals surface area contributed by atoms with Crippen molar-refractivity contribution < 1.29 is 27.6 Å². The number of rotatable bonds is 3. The van der Waals surface area contributed by atoms with Gasteiger partial charge in [-0.15, -0.1) is 0 Å². The van der Waals surface area contributed by atoms with Crippen LogP contribution in [0.5, 0.6) is 0 Å². The van der Waals surface area contributed by atoms with Gasteiger partial charge in [0.1, 0.15) is 6.04 Å². The summed E-state index contributed by atoms with van der Waals surface area (Å²) < 4.78 is 41.8. The van der Waals surface area contributed by atoms with Gasteiger partial charge in [-0.05, 0) is 29.7 Å². The lowest BCUT2D eigenvalue weighted by atomic mass is 9.93. The highest BCUT2D eigenvalue weighted by atomic mass is 19.4. The number of alkyl halides is 3. The van der Waals surface area contributed by atoms with E-state index >= 15 is 0 Å². The summed E-state index contributed by atoms with van der Waals surface area (Å²) in [7, 11) is 0. The van der Waals surface area contributed by atoms with E-state index in [1.54, 1.807) is 6.07 Å². The topological polar surface area (TPSA) is 95.7 Å².